The van der Waals surface area contributed by atoms with E-state index in [-0.39, 0.29) is 17.7 Å². The summed E-state index contributed by atoms with van der Waals surface area (Å²) >= 11 is 0. The fourth-order valence-electron chi connectivity index (χ4n) is 2.14. The summed E-state index contributed by atoms with van der Waals surface area (Å²) < 4.78 is 0. The molecule has 24 heavy (non-hydrogen) atoms. The van der Waals surface area contributed by atoms with Gasteiger partial charge < -0.3 is 21.1 Å². The van der Waals surface area contributed by atoms with Crippen LogP contribution in [0.15, 0.2) is 0 Å². The molecule has 0 fully saturated rings. The predicted octanol–water partition coefficient (Wildman–Crippen LogP) is 0.559. The van der Waals surface area contributed by atoms with Crippen molar-refractivity contribution in [1.82, 2.24) is 16.0 Å². The average Bonchev–Trinajstić information content (AvgIpc) is 2.48. The van der Waals surface area contributed by atoms with E-state index in [4.69, 9.17) is 5.11 Å². The van der Waals surface area contributed by atoms with Crippen LogP contribution in [0.25, 0.3) is 0 Å². The second-order valence-electron chi connectivity index (χ2n) is 5.73. The van der Waals surface area contributed by atoms with E-state index in [1.165, 1.54) is 13.8 Å². The van der Waals surface area contributed by atoms with E-state index in [9.17, 15) is 19.2 Å². The topological polar surface area (TPSA) is 125 Å². The van der Waals surface area contributed by atoms with Gasteiger partial charge in [0.15, 0.2) is 0 Å². The second kappa shape index (κ2) is 13.3. The Morgan fingerprint density at radius 1 is 0.833 bits per heavy atom. The van der Waals surface area contributed by atoms with E-state index in [1.807, 2.05) is 0 Å². The van der Waals surface area contributed by atoms with Crippen LogP contribution in [0.3, 0.4) is 0 Å². The minimum absolute atomic E-state index is 0.0221. The molecule has 0 bridgehead atoms. The van der Waals surface area contributed by atoms with Crippen molar-refractivity contribution in [1.29, 1.82) is 0 Å². The van der Waals surface area contributed by atoms with Gasteiger partial charge in [0.25, 0.3) is 0 Å². The Labute approximate surface area is 142 Å². The van der Waals surface area contributed by atoms with Crippen molar-refractivity contribution in [3.05, 3.63) is 0 Å². The lowest BCUT2D eigenvalue weighted by Gasteiger charge is -2.13. The highest BCUT2D eigenvalue weighted by Crippen LogP contribution is 2.02. The first kappa shape index (κ1) is 21.9. The summed E-state index contributed by atoms with van der Waals surface area (Å²) in [5.41, 5.74) is 0. The molecule has 8 nitrogen and oxygen atoms in total. The minimum atomic E-state index is -1.05. The smallest absolute Gasteiger partial charge is 0.326 e. The van der Waals surface area contributed by atoms with Crippen molar-refractivity contribution < 1.29 is 24.3 Å². The molecule has 0 aromatic carbocycles. The zero-order valence-electron chi connectivity index (χ0n) is 14.5. The van der Waals surface area contributed by atoms with E-state index in [1.54, 1.807) is 0 Å². The average molecular weight is 343 g/mol. The van der Waals surface area contributed by atoms with Gasteiger partial charge in [-0.3, -0.25) is 14.4 Å². The van der Waals surface area contributed by atoms with Gasteiger partial charge in [-0.1, -0.05) is 6.42 Å². The zero-order valence-corrected chi connectivity index (χ0v) is 14.5. The van der Waals surface area contributed by atoms with Gasteiger partial charge >= 0.3 is 5.97 Å². The molecule has 0 unspecified atom stereocenters. The highest BCUT2D eigenvalue weighted by molar-refractivity contribution is 5.82. The van der Waals surface area contributed by atoms with Crippen LogP contribution in [-0.4, -0.2) is 47.9 Å². The van der Waals surface area contributed by atoms with Crippen LogP contribution >= 0.6 is 0 Å². The zero-order chi connectivity index (χ0) is 18.4. The molecule has 8 heteroatoms. The molecule has 0 aliphatic heterocycles. The Balaban J connectivity index is 3.59. The summed E-state index contributed by atoms with van der Waals surface area (Å²) in [6.07, 6.45) is 4.57. The van der Waals surface area contributed by atoms with Crippen molar-refractivity contribution in [2.24, 2.45) is 0 Å². The molecular formula is C16H29N3O5. The van der Waals surface area contributed by atoms with Crippen LogP contribution in [0.5, 0.6) is 0 Å². The Morgan fingerprint density at radius 2 is 1.46 bits per heavy atom. The molecule has 1 atom stereocenters. The number of nitrogens with one attached hydrogen (secondary N) is 3. The van der Waals surface area contributed by atoms with Gasteiger partial charge in [0.05, 0.1) is 0 Å². The number of aliphatic carboxylic acids is 1. The first-order chi connectivity index (χ1) is 11.3. The van der Waals surface area contributed by atoms with E-state index < -0.39 is 12.0 Å². The molecule has 0 aromatic heterocycles. The number of carboxylic acids is 1. The summed E-state index contributed by atoms with van der Waals surface area (Å²) in [5.74, 6) is -1.48. The predicted molar refractivity (Wildman–Crippen MR) is 89.3 cm³/mol. The van der Waals surface area contributed by atoms with Gasteiger partial charge in [-0.05, 0) is 32.1 Å². The van der Waals surface area contributed by atoms with E-state index in [2.05, 4.69) is 16.0 Å². The number of carboxylic acid groups (broad SMARTS) is 1. The number of carbonyl (C=O) groups excluding carboxylic acids is 3. The van der Waals surface area contributed by atoms with Gasteiger partial charge in [-0.15, -0.1) is 0 Å². The lowest BCUT2D eigenvalue weighted by Crippen LogP contribution is -2.39. The summed E-state index contributed by atoms with van der Waals surface area (Å²) in [6.45, 7) is 3.89. The maximum atomic E-state index is 11.6. The van der Waals surface area contributed by atoms with Crippen LogP contribution < -0.4 is 16.0 Å². The van der Waals surface area contributed by atoms with Crippen LogP contribution in [-0.2, 0) is 19.2 Å². The summed E-state index contributed by atoms with van der Waals surface area (Å²) in [7, 11) is 0. The first-order valence-electron chi connectivity index (χ1n) is 8.34. The van der Waals surface area contributed by atoms with Crippen LogP contribution in [0.4, 0.5) is 0 Å². The molecule has 0 spiro atoms. The minimum Gasteiger partial charge on any atom is -0.480 e. The number of rotatable bonds is 13. The molecule has 0 heterocycles. The maximum absolute atomic E-state index is 11.6. The fraction of sp³-hybridized carbons (Fsp3) is 0.750. The quantitative estimate of drug-likeness (QED) is 0.364. The Bertz CT molecular complexity index is 426. The van der Waals surface area contributed by atoms with Gasteiger partial charge in [-0.2, -0.15) is 0 Å². The van der Waals surface area contributed by atoms with Gasteiger partial charge in [0, 0.05) is 33.4 Å². The molecular weight excluding hydrogens is 314 g/mol. The Morgan fingerprint density at radius 3 is 2.04 bits per heavy atom. The molecule has 0 aliphatic carbocycles. The highest BCUT2D eigenvalue weighted by Gasteiger charge is 2.17. The van der Waals surface area contributed by atoms with E-state index >= 15 is 0 Å². The molecule has 0 saturated heterocycles. The van der Waals surface area contributed by atoms with Crippen molar-refractivity contribution in [3.8, 4) is 0 Å². The third kappa shape index (κ3) is 13.5. The number of hydrogen-bond donors (Lipinski definition) is 4. The second-order valence-corrected chi connectivity index (χ2v) is 5.73. The Kier molecular flexibility index (Phi) is 12.2. The van der Waals surface area contributed by atoms with Crippen molar-refractivity contribution in [2.75, 3.05) is 13.1 Å². The highest BCUT2D eigenvalue weighted by atomic mass is 16.4. The molecule has 138 valence electrons. The van der Waals surface area contributed by atoms with E-state index in [0.717, 1.165) is 19.3 Å². The van der Waals surface area contributed by atoms with Crippen molar-refractivity contribution in [2.45, 2.75) is 64.8 Å². The maximum Gasteiger partial charge on any atom is 0.326 e. The van der Waals surface area contributed by atoms with Gasteiger partial charge in [-0.25, -0.2) is 4.79 Å². The van der Waals surface area contributed by atoms with Gasteiger partial charge in [0.1, 0.15) is 6.04 Å². The molecule has 3 amide bonds. The standard InChI is InChI=1S/C16H29N3O5/c1-12(20)17-10-6-3-4-9-15(22)18-11-7-5-8-14(16(23)24)19-13(2)21/h14H,3-11H2,1-2H3,(H,17,20)(H,18,22)(H,19,21)(H,23,24)/t14-/m0/s1. The summed E-state index contributed by atoms with van der Waals surface area (Å²) in [4.78, 5) is 44.1. The molecule has 0 saturated carbocycles. The molecule has 0 radical (unpaired) electrons. The molecule has 4 N–H and O–H groups in total. The monoisotopic (exact) mass is 343 g/mol. The van der Waals surface area contributed by atoms with Crippen LogP contribution in [0.2, 0.25) is 0 Å². The third-order valence-electron chi connectivity index (χ3n) is 3.37. The molecule has 0 aromatic rings. The summed E-state index contributed by atoms with van der Waals surface area (Å²) in [6, 6.07) is -0.873. The molecule has 0 rings (SSSR count). The fourth-order valence-corrected chi connectivity index (χ4v) is 2.14. The number of hydrogen-bond acceptors (Lipinski definition) is 4. The Hall–Kier alpha value is -2.12. The number of amides is 3. The largest absolute Gasteiger partial charge is 0.480 e. The lowest BCUT2D eigenvalue weighted by atomic mass is 10.1. The van der Waals surface area contributed by atoms with Crippen molar-refractivity contribution >= 4 is 23.7 Å². The number of unbranched alkanes of at least 4 members (excludes halogenated alkanes) is 3. The van der Waals surface area contributed by atoms with Crippen LogP contribution in [0, 0.1) is 0 Å². The number of carbonyl (C=O) groups is 4. The first-order valence-corrected chi connectivity index (χ1v) is 8.34. The van der Waals surface area contributed by atoms with Crippen molar-refractivity contribution in [3.63, 3.8) is 0 Å². The SMILES string of the molecule is CC(=O)NCCCCCC(=O)NCCCC[C@H](NC(C)=O)C(=O)O. The van der Waals surface area contributed by atoms with Crippen LogP contribution in [0.1, 0.15) is 58.8 Å². The normalized spacial score (nSPS) is 11.4. The lowest BCUT2D eigenvalue weighted by molar-refractivity contribution is -0.141. The third-order valence-corrected chi connectivity index (χ3v) is 3.37. The van der Waals surface area contributed by atoms with Gasteiger partial charge in [0.2, 0.25) is 17.7 Å². The molecule has 0 aliphatic rings. The summed E-state index contributed by atoms with van der Waals surface area (Å²) in [5, 5.41) is 16.8. The van der Waals surface area contributed by atoms with E-state index in [0.29, 0.717) is 38.8 Å².